The molecule has 0 aliphatic carbocycles. The summed E-state index contributed by atoms with van der Waals surface area (Å²) in [5.74, 6) is 1.30. The molecule has 2 fully saturated rings. The minimum atomic E-state index is -0.0178. The van der Waals surface area contributed by atoms with E-state index in [0.717, 1.165) is 77.6 Å². The van der Waals surface area contributed by atoms with Gasteiger partial charge in [0.2, 0.25) is 5.91 Å². The van der Waals surface area contributed by atoms with Gasteiger partial charge >= 0.3 is 0 Å². The number of nitrogens with one attached hydrogen (secondary N) is 1. The maximum atomic E-state index is 12.7. The maximum Gasteiger partial charge on any atom is 0.239 e. The van der Waals surface area contributed by atoms with Gasteiger partial charge in [-0.05, 0) is 51.2 Å². The van der Waals surface area contributed by atoms with Crippen molar-refractivity contribution in [3.05, 3.63) is 35.4 Å². The Morgan fingerprint density at radius 3 is 2.37 bits per heavy atom. The van der Waals surface area contributed by atoms with Crippen molar-refractivity contribution >= 4 is 35.8 Å². The number of likely N-dealkylation sites (tertiary alicyclic amines) is 1. The van der Waals surface area contributed by atoms with E-state index in [9.17, 15) is 4.79 Å². The van der Waals surface area contributed by atoms with Gasteiger partial charge in [0.1, 0.15) is 0 Å². The number of guanidine groups is 1. The number of rotatable bonds is 6. The lowest BCUT2D eigenvalue weighted by Gasteiger charge is -2.39. The molecule has 1 N–H and O–H groups in total. The van der Waals surface area contributed by atoms with E-state index in [1.54, 1.807) is 0 Å². The Kier molecular flexibility index (Phi) is 10.4. The number of halogens is 1. The third kappa shape index (κ3) is 6.57. The smallest absolute Gasteiger partial charge is 0.239 e. The molecule has 0 aromatic heterocycles. The minimum absolute atomic E-state index is 0. The number of amides is 1. The molecule has 2 saturated heterocycles. The molecule has 7 heteroatoms. The Bertz CT molecular complexity index is 697. The van der Waals surface area contributed by atoms with Crippen LogP contribution in [0.15, 0.2) is 29.3 Å². The van der Waals surface area contributed by atoms with Crippen LogP contribution in [0.2, 0.25) is 0 Å². The number of carbonyl (C=O) groups excluding carboxylic acids is 1. The van der Waals surface area contributed by atoms with Crippen molar-refractivity contribution in [2.45, 2.75) is 46.1 Å². The number of hydrogen-bond donors (Lipinski definition) is 1. The fourth-order valence-corrected chi connectivity index (χ4v) is 4.28. The van der Waals surface area contributed by atoms with E-state index in [-0.39, 0.29) is 30.0 Å². The second-order valence-corrected chi connectivity index (χ2v) is 8.14. The Balaban J connectivity index is 0.00000320. The Morgan fingerprint density at radius 1 is 1.07 bits per heavy atom. The van der Waals surface area contributed by atoms with E-state index < -0.39 is 0 Å². The fourth-order valence-electron chi connectivity index (χ4n) is 4.28. The molecular formula is C23H38IN5O. The first-order valence-corrected chi connectivity index (χ1v) is 11.2. The van der Waals surface area contributed by atoms with Gasteiger partial charge in [-0.3, -0.25) is 14.7 Å². The fraction of sp³-hybridized carbons (Fsp3) is 0.652. The normalized spacial score (nSPS) is 18.8. The van der Waals surface area contributed by atoms with Crippen molar-refractivity contribution in [2.75, 3.05) is 52.4 Å². The quantitative estimate of drug-likeness (QED) is 0.351. The number of hydrogen-bond acceptors (Lipinski definition) is 3. The summed E-state index contributed by atoms with van der Waals surface area (Å²) in [6, 6.07) is 8.52. The molecule has 3 rings (SSSR count). The summed E-state index contributed by atoms with van der Waals surface area (Å²) in [4.78, 5) is 24.3. The molecule has 2 heterocycles. The monoisotopic (exact) mass is 527 g/mol. The predicted octanol–water partition coefficient (Wildman–Crippen LogP) is 2.75. The first kappa shape index (κ1) is 24.9. The maximum absolute atomic E-state index is 12.7. The van der Waals surface area contributed by atoms with Gasteiger partial charge in [-0.2, -0.15) is 0 Å². The van der Waals surface area contributed by atoms with Crippen molar-refractivity contribution in [1.82, 2.24) is 20.0 Å². The first-order chi connectivity index (χ1) is 14.1. The first-order valence-electron chi connectivity index (χ1n) is 11.2. The molecule has 0 radical (unpaired) electrons. The average molecular weight is 527 g/mol. The van der Waals surface area contributed by atoms with E-state index in [4.69, 9.17) is 4.99 Å². The van der Waals surface area contributed by atoms with Gasteiger partial charge in [0.05, 0.1) is 6.04 Å². The second kappa shape index (κ2) is 12.5. The highest BCUT2D eigenvalue weighted by atomic mass is 127. The highest BCUT2D eigenvalue weighted by Gasteiger charge is 2.30. The zero-order valence-electron chi connectivity index (χ0n) is 18.8. The molecule has 1 unspecified atom stereocenters. The third-order valence-corrected chi connectivity index (χ3v) is 6.18. The molecule has 1 aromatic carbocycles. The predicted molar refractivity (Wildman–Crippen MR) is 135 cm³/mol. The van der Waals surface area contributed by atoms with Crippen LogP contribution in [0.5, 0.6) is 0 Å². The Hall–Kier alpha value is -1.35. The standard InChI is InChI=1S/C23H37N5O.HI/c1-4-24-23(25-12-11-21-10-6-5-9-19(21)2)28-17-15-26(16-18-28)20(3)22(29)27-13-7-8-14-27;/h5-6,9-10,20H,4,7-8,11-18H2,1-3H3,(H,24,25);1H. The van der Waals surface area contributed by atoms with Crippen molar-refractivity contribution in [3.8, 4) is 0 Å². The van der Waals surface area contributed by atoms with Crippen LogP contribution in [0.25, 0.3) is 0 Å². The number of benzene rings is 1. The average Bonchev–Trinajstić information content (AvgIpc) is 3.28. The summed E-state index contributed by atoms with van der Waals surface area (Å²) >= 11 is 0. The van der Waals surface area contributed by atoms with Crippen LogP contribution in [0.4, 0.5) is 0 Å². The van der Waals surface area contributed by atoms with E-state index in [1.807, 2.05) is 4.90 Å². The van der Waals surface area contributed by atoms with Gasteiger partial charge in [-0.1, -0.05) is 24.3 Å². The zero-order valence-corrected chi connectivity index (χ0v) is 21.1. The van der Waals surface area contributed by atoms with Crippen molar-refractivity contribution in [3.63, 3.8) is 0 Å². The van der Waals surface area contributed by atoms with Crippen LogP contribution in [-0.2, 0) is 11.2 Å². The summed E-state index contributed by atoms with van der Waals surface area (Å²) in [5, 5.41) is 3.45. The molecule has 0 bridgehead atoms. The highest BCUT2D eigenvalue weighted by molar-refractivity contribution is 14.0. The third-order valence-electron chi connectivity index (χ3n) is 6.18. The molecule has 0 saturated carbocycles. The topological polar surface area (TPSA) is 51.2 Å². The summed E-state index contributed by atoms with van der Waals surface area (Å²) in [5.41, 5.74) is 2.70. The van der Waals surface area contributed by atoms with Gasteiger partial charge in [0.25, 0.3) is 0 Å². The van der Waals surface area contributed by atoms with E-state index >= 15 is 0 Å². The lowest BCUT2D eigenvalue weighted by Crippen LogP contribution is -2.57. The number of nitrogens with zero attached hydrogens (tertiary/aromatic N) is 4. The largest absolute Gasteiger partial charge is 0.357 e. The summed E-state index contributed by atoms with van der Waals surface area (Å²) in [6.45, 7) is 13.5. The van der Waals surface area contributed by atoms with Gasteiger partial charge < -0.3 is 15.1 Å². The van der Waals surface area contributed by atoms with Crippen LogP contribution in [-0.4, -0.2) is 85.0 Å². The number of aryl methyl sites for hydroxylation is 1. The number of piperazine rings is 1. The molecule has 6 nitrogen and oxygen atoms in total. The summed E-state index contributed by atoms with van der Waals surface area (Å²) < 4.78 is 0. The van der Waals surface area contributed by atoms with Crippen LogP contribution in [0, 0.1) is 6.92 Å². The molecule has 0 spiro atoms. The van der Waals surface area contributed by atoms with Gasteiger partial charge in [0, 0.05) is 52.4 Å². The SMILES string of the molecule is CCNC(=NCCc1ccccc1C)N1CCN(C(C)C(=O)N2CCCC2)CC1.I. The van der Waals surface area contributed by atoms with Crippen molar-refractivity contribution in [1.29, 1.82) is 0 Å². The molecule has 1 amide bonds. The molecule has 1 atom stereocenters. The van der Waals surface area contributed by atoms with Crippen LogP contribution < -0.4 is 5.32 Å². The Labute approximate surface area is 199 Å². The number of aliphatic imine (C=N–C) groups is 1. The highest BCUT2D eigenvalue weighted by Crippen LogP contribution is 2.14. The Morgan fingerprint density at radius 2 is 1.73 bits per heavy atom. The van der Waals surface area contributed by atoms with E-state index in [2.05, 4.69) is 60.2 Å². The summed E-state index contributed by atoms with van der Waals surface area (Å²) in [7, 11) is 0. The van der Waals surface area contributed by atoms with Crippen molar-refractivity contribution < 1.29 is 4.79 Å². The second-order valence-electron chi connectivity index (χ2n) is 8.14. The van der Waals surface area contributed by atoms with Crippen LogP contribution in [0.1, 0.15) is 37.8 Å². The lowest BCUT2D eigenvalue weighted by atomic mass is 10.1. The van der Waals surface area contributed by atoms with E-state index in [0.29, 0.717) is 5.91 Å². The summed E-state index contributed by atoms with van der Waals surface area (Å²) in [6.07, 6.45) is 3.26. The van der Waals surface area contributed by atoms with Crippen molar-refractivity contribution in [2.24, 2.45) is 4.99 Å². The molecule has 2 aliphatic rings. The van der Waals surface area contributed by atoms with E-state index in [1.165, 1.54) is 11.1 Å². The molecule has 1 aromatic rings. The van der Waals surface area contributed by atoms with Crippen LogP contribution >= 0.6 is 24.0 Å². The molecular weight excluding hydrogens is 489 g/mol. The minimum Gasteiger partial charge on any atom is -0.357 e. The number of carbonyl (C=O) groups is 1. The molecule has 30 heavy (non-hydrogen) atoms. The van der Waals surface area contributed by atoms with Gasteiger partial charge in [0.15, 0.2) is 5.96 Å². The molecule has 2 aliphatic heterocycles. The van der Waals surface area contributed by atoms with Gasteiger partial charge in [-0.15, -0.1) is 24.0 Å². The lowest BCUT2D eigenvalue weighted by molar-refractivity contribution is -0.135. The molecule has 168 valence electrons. The van der Waals surface area contributed by atoms with Crippen LogP contribution in [0.3, 0.4) is 0 Å². The van der Waals surface area contributed by atoms with Gasteiger partial charge in [-0.25, -0.2) is 0 Å². The zero-order chi connectivity index (χ0) is 20.6.